The second-order valence-electron chi connectivity index (χ2n) is 16.0. The van der Waals surface area contributed by atoms with Crippen molar-refractivity contribution < 1.29 is 9.47 Å². The van der Waals surface area contributed by atoms with E-state index >= 15 is 0 Å². The summed E-state index contributed by atoms with van der Waals surface area (Å²) in [6.07, 6.45) is 0. The Kier molecular flexibility index (Phi) is 6.77. The van der Waals surface area contributed by atoms with Crippen molar-refractivity contribution in [3.63, 3.8) is 0 Å². The number of ether oxygens (including phenoxy) is 2. The van der Waals surface area contributed by atoms with Crippen LogP contribution in [0.1, 0.15) is 25.0 Å². The van der Waals surface area contributed by atoms with Crippen LogP contribution in [0.3, 0.4) is 0 Å². The van der Waals surface area contributed by atoms with E-state index in [0.717, 1.165) is 51.0 Å². The maximum absolute atomic E-state index is 6.99. The van der Waals surface area contributed by atoms with Gasteiger partial charge in [0.1, 0.15) is 23.0 Å². The Balaban J connectivity index is 1.11. The maximum Gasteiger partial charge on any atom is 0.260 e. The lowest BCUT2D eigenvalue weighted by molar-refractivity contribution is 0.465. The molecule has 3 aliphatic rings. The second-order valence-corrected chi connectivity index (χ2v) is 16.0. The summed E-state index contributed by atoms with van der Waals surface area (Å²) < 4.78 is 13.9. The van der Waals surface area contributed by atoms with Crippen molar-refractivity contribution >= 4 is 61.7 Å². The molecular formula is C53H36BNO2. The number of hydrogen-bond donors (Lipinski definition) is 0. The molecule has 0 saturated heterocycles. The summed E-state index contributed by atoms with van der Waals surface area (Å²) in [4.78, 5) is 2.40. The predicted octanol–water partition coefficient (Wildman–Crippen LogP) is 12.2. The summed E-state index contributed by atoms with van der Waals surface area (Å²) in [7, 11) is 0. The summed E-state index contributed by atoms with van der Waals surface area (Å²) in [5, 5.41) is 4.83. The van der Waals surface area contributed by atoms with Crippen molar-refractivity contribution in [1.82, 2.24) is 0 Å². The number of anilines is 3. The van der Waals surface area contributed by atoms with Crippen LogP contribution in [0.15, 0.2) is 182 Å². The van der Waals surface area contributed by atoms with Crippen LogP contribution < -0.4 is 30.8 Å². The van der Waals surface area contributed by atoms with Crippen molar-refractivity contribution in [3.8, 4) is 45.3 Å². The minimum absolute atomic E-state index is 0.0699. The molecule has 0 N–H and O–H groups in total. The minimum atomic E-state index is -0.302. The average Bonchev–Trinajstić information content (AvgIpc) is 3.48. The fourth-order valence-corrected chi connectivity index (χ4v) is 9.94. The molecule has 9 aromatic carbocycles. The average molecular weight is 730 g/mol. The third-order valence-corrected chi connectivity index (χ3v) is 12.5. The molecule has 2 heterocycles. The third-order valence-electron chi connectivity index (χ3n) is 12.5. The fourth-order valence-electron chi connectivity index (χ4n) is 9.94. The molecule has 268 valence electrons. The zero-order chi connectivity index (χ0) is 37.8. The summed E-state index contributed by atoms with van der Waals surface area (Å²) in [5.41, 5.74) is 14.0. The van der Waals surface area contributed by atoms with Crippen LogP contribution in [0.4, 0.5) is 17.1 Å². The van der Waals surface area contributed by atoms with Crippen LogP contribution >= 0.6 is 0 Å². The summed E-state index contributed by atoms with van der Waals surface area (Å²) in [6, 6.07) is 65.6. The number of hydrogen-bond acceptors (Lipinski definition) is 3. The lowest BCUT2D eigenvalue weighted by Crippen LogP contribution is -2.57. The van der Waals surface area contributed by atoms with Gasteiger partial charge in [0.05, 0.1) is 5.69 Å². The SMILES string of the molecule is CC1(C)c2cc3c(cc2-c2c1cc(N(c1ccccc1)c1ccccc1)c1ccccc21)Oc1cccc2c1B3c1cc3ccccc3c(-c3ccccc3)c1O2. The standard InChI is InChI=1S/C53H36BNO2/c1-53(2)41-31-43-48(30-40(41)50-39-26-15-14-25-38(39)45(32-42(50)53)55(35-20-8-4-9-21-35)36-22-10-5-11-23-36)56-46-27-16-28-47-51(46)54(43)44-29-34-19-12-13-24-37(34)49(52(44)57-47)33-17-6-3-7-18-33/h3-32H,1-2H3. The molecule has 1 aliphatic carbocycles. The number of nitrogens with zero attached hydrogens (tertiary/aromatic N) is 1. The first-order chi connectivity index (χ1) is 28.0. The molecule has 57 heavy (non-hydrogen) atoms. The Morgan fingerprint density at radius 3 is 1.81 bits per heavy atom. The predicted molar refractivity (Wildman–Crippen MR) is 237 cm³/mol. The van der Waals surface area contributed by atoms with Crippen LogP contribution in [-0.2, 0) is 5.41 Å². The molecule has 9 aromatic rings. The monoisotopic (exact) mass is 729 g/mol. The van der Waals surface area contributed by atoms with Gasteiger partial charge in [-0.15, -0.1) is 0 Å². The largest absolute Gasteiger partial charge is 0.458 e. The highest BCUT2D eigenvalue weighted by molar-refractivity contribution is 6.98. The quantitative estimate of drug-likeness (QED) is 0.168. The van der Waals surface area contributed by atoms with Crippen molar-refractivity contribution in [1.29, 1.82) is 0 Å². The van der Waals surface area contributed by atoms with E-state index in [0.29, 0.717) is 0 Å². The van der Waals surface area contributed by atoms with Crippen LogP contribution in [0.25, 0.3) is 43.8 Å². The molecule has 0 bridgehead atoms. The van der Waals surface area contributed by atoms with E-state index in [1.54, 1.807) is 0 Å². The molecule has 2 aliphatic heterocycles. The lowest BCUT2D eigenvalue weighted by atomic mass is 9.34. The van der Waals surface area contributed by atoms with E-state index in [-0.39, 0.29) is 12.1 Å². The third kappa shape index (κ3) is 4.62. The Hall–Kier alpha value is -7.04. The normalized spacial score (nSPS) is 13.8. The molecule has 4 heteroatoms. The van der Waals surface area contributed by atoms with Gasteiger partial charge in [-0.25, -0.2) is 0 Å². The van der Waals surface area contributed by atoms with Crippen LogP contribution in [0, 0.1) is 0 Å². The van der Waals surface area contributed by atoms with Gasteiger partial charge in [-0.3, -0.25) is 0 Å². The van der Waals surface area contributed by atoms with Crippen LogP contribution in [0.2, 0.25) is 0 Å². The maximum atomic E-state index is 6.99. The zero-order valence-corrected chi connectivity index (χ0v) is 31.7. The van der Waals surface area contributed by atoms with Crippen molar-refractivity contribution in [3.05, 3.63) is 193 Å². The topological polar surface area (TPSA) is 21.7 Å². The van der Waals surface area contributed by atoms with E-state index in [1.807, 2.05) is 0 Å². The summed E-state index contributed by atoms with van der Waals surface area (Å²) >= 11 is 0. The van der Waals surface area contributed by atoms with Crippen molar-refractivity contribution in [2.45, 2.75) is 19.3 Å². The van der Waals surface area contributed by atoms with Gasteiger partial charge in [-0.2, -0.15) is 0 Å². The Morgan fingerprint density at radius 2 is 1.09 bits per heavy atom. The zero-order valence-electron chi connectivity index (χ0n) is 31.7. The van der Waals surface area contributed by atoms with Crippen LogP contribution in [-0.4, -0.2) is 6.71 Å². The molecule has 3 nitrogen and oxygen atoms in total. The van der Waals surface area contributed by atoms with E-state index in [1.165, 1.54) is 60.4 Å². The molecule has 0 unspecified atom stereocenters. The van der Waals surface area contributed by atoms with Gasteiger partial charge in [-0.1, -0.05) is 147 Å². The lowest BCUT2D eigenvalue weighted by Gasteiger charge is -2.35. The molecule has 0 fully saturated rings. The highest BCUT2D eigenvalue weighted by Gasteiger charge is 2.45. The smallest absolute Gasteiger partial charge is 0.260 e. The number of rotatable bonds is 4. The number of para-hydroxylation sites is 2. The molecular weight excluding hydrogens is 693 g/mol. The van der Waals surface area contributed by atoms with Crippen molar-refractivity contribution in [2.24, 2.45) is 0 Å². The Bertz CT molecular complexity index is 3060. The molecule has 0 atom stereocenters. The van der Waals surface area contributed by atoms with Crippen molar-refractivity contribution in [2.75, 3.05) is 4.90 Å². The van der Waals surface area contributed by atoms with Crippen LogP contribution in [0.5, 0.6) is 23.0 Å². The van der Waals surface area contributed by atoms with Gasteiger partial charge in [0.15, 0.2) is 0 Å². The number of fused-ring (bicyclic) bond motifs is 10. The van der Waals surface area contributed by atoms with Gasteiger partial charge >= 0.3 is 0 Å². The molecule has 0 aromatic heterocycles. The van der Waals surface area contributed by atoms with E-state index in [4.69, 9.17) is 9.47 Å². The van der Waals surface area contributed by atoms with E-state index in [9.17, 15) is 0 Å². The Labute approximate surface area is 332 Å². The van der Waals surface area contributed by atoms with Gasteiger partial charge in [0, 0.05) is 33.2 Å². The van der Waals surface area contributed by atoms with Gasteiger partial charge in [0.25, 0.3) is 6.71 Å². The first-order valence-corrected chi connectivity index (χ1v) is 19.8. The molecule has 0 spiro atoms. The van der Waals surface area contributed by atoms with E-state index < -0.39 is 0 Å². The molecule has 0 amide bonds. The fraction of sp³-hybridized carbons (Fsp3) is 0.0566. The highest BCUT2D eigenvalue weighted by Crippen LogP contribution is 2.55. The first kappa shape index (κ1) is 32.2. The number of benzene rings is 9. The molecule has 12 rings (SSSR count). The second kappa shape index (κ2) is 12.0. The molecule has 0 saturated carbocycles. The minimum Gasteiger partial charge on any atom is -0.458 e. The summed E-state index contributed by atoms with van der Waals surface area (Å²) in [6.45, 7) is 4.71. The van der Waals surface area contributed by atoms with Gasteiger partial charge in [-0.05, 0) is 103 Å². The Morgan fingerprint density at radius 1 is 0.474 bits per heavy atom. The summed E-state index contributed by atoms with van der Waals surface area (Å²) in [5.74, 6) is 3.52. The van der Waals surface area contributed by atoms with Gasteiger partial charge < -0.3 is 14.4 Å². The highest BCUT2D eigenvalue weighted by atomic mass is 16.5. The first-order valence-electron chi connectivity index (χ1n) is 19.8. The van der Waals surface area contributed by atoms with Gasteiger partial charge in [0.2, 0.25) is 0 Å². The van der Waals surface area contributed by atoms with E-state index in [2.05, 4.69) is 201 Å². The molecule has 0 radical (unpaired) electrons.